The molecule has 0 unspecified atom stereocenters. The molecule has 15 heavy (non-hydrogen) atoms. The van der Waals surface area contributed by atoms with Gasteiger partial charge in [-0.15, -0.1) is 0 Å². The second-order valence-corrected chi connectivity index (χ2v) is 4.81. The van der Waals surface area contributed by atoms with Crippen LogP contribution in [0.15, 0.2) is 28.9 Å². The van der Waals surface area contributed by atoms with E-state index in [2.05, 4.69) is 52.3 Å². The van der Waals surface area contributed by atoms with E-state index in [9.17, 15) is 0 Å². The molecule has 0 saturated carbocycles. The number of halogens is 1. The summed E-state index contributed by atoms with van der Waals surface area (Å²) in [5.41, 5.74) is 1.05. The van der Waals surface area contributed by atoms with Crippen LogP contribution >= 0.6 is 15.9 Å². The Labute approximate surface area is 97.8 Å². The minimum Gasteiger partial charge on any atom is -0.308 e. The zero-order valence-corrected chi connectivity index (χ0v) is 10.5. The fraction of sp³-hybridized carbons (Fsp3) is 0.364. The Bertz CT molecular complexity index is 462. The summed E-state index contributed by atoms with van der Waals surface area (Å²) in [5.74, 6) is 0. The number of rotatable bonds is 3. The maximum absolute atomic E-state index is 4.49. The maximum atomic E-state index is 4.49. The highest BCUT2D eigenvalue weighted by Crippen LogP contribution is 2.18. The van der Waals surface area contributed by atoms with Crippen molar-refractivity contribution in [1.29, 1.82) is 0 Å². The number of hydrogen-bond donors (Lipinski definition) is 0. The van der Waals surface area contributed by atoms with Crippen LogP contribution in [0.3, 0.4) is 0 Å². The van der Waals surface area contributed by atoms with Gasteiger partial charge in [0.05, 0.1) is 12.1 Å². The van der Waals surface area contributed by atoms with Gasteiger partial charge in [0.2, 0.25) is 0 Å². The van der Waals surface area contributed by atoms with Gasteiger partial charge in [0.25, 0.3) is 0 Å². The van der Waals surface area contributed by atoms with Crippen LogP contribution in [0.1, 0.15) is 0 Å². The molecule has 0 spiro atoms. The largest absolute Gasteiger partial charge is 0.308 e. The van der Waals surface area contributed by atoms with Gasteiger partial charge in [-0.1, -0.05) is 15.9 Å². The van der Waals surface area contributed by atoms with Gasteiger partial charge in [-0.2, -0.15) is 5.10 Å². The number of benzene rings is 1. The molecule has 0 bridgehead atoms. The van der Waals surface area contributed by atoms with Gasteiger partial charge in [-0.3, -0.25) is 4.68 Å². The lowest BCUT2D eigenvalue weighted by atomic mass is 10.3. The van der Waals surface area contributed by atoms with E-state index in [1.165, 1.54) is 5.39 Å². The Morgan fingerprint density at radius 1 is 1.40 bits per heavy atom. The highest BCUT2D eigenvalue weighted by atomic mass is 79.9. The molecule has 0 N–H and O–H groups in total. The number of nitrogens with zero attached hydrogens (tertiary/aromatic N) is 3. The summed E-state index contributed by atoms with van der Waals surface area (Å²) in [6, 6.07) is 6.14. The minimum absolute atomic E-state index is 0.930. The highest BCUT2D eigenvalue weighted by Gasteiger charge is 2.01. The summed E-state index contributed by atoms with van der Waals surface area (Å²) in [6.45, 7) is 1.94. The Kier molecular flexibility index (Phi) is 3.07. The first-order valence-electron chi connectivity index (χ1n) is 4.92. The fourth-order valence-electron chi connectivity index (χ4n) is 1.46. The normalized spacial score (nSPS) is 11.5. The number of fused-ring (bicyclic) bond motifs is 1. The molecule has 80 valence electrons. The van der Waals surface area contributed by atoms with Crippen LogP contribution in [-0.2, 0) is 6.54 Å². The average Bonchev–Trinajstić information content (AvgIpc) is 2.56. The maximum Gasteiger partial charge on any atom is 0.0924 e. The SMILES string of the molecule is CN(C)CCn1cc2cc(Br)ccc2n1. The topological polar surface area (TPSA) is 21.1 Å². The van der Waals surface area contributed by atoms with Crippen LogP contribution in [0, 0.1) is 0 Å². The standard InChI is InChI=1S/C11H14BrN3/c1-14(2)5-6-15-8-9-7-10(12)3-4-11(9)13-15/h3-4,7-8H,5-6H2,1-2H3. The van der Waals surface area contributed by atoms with Crippen molar-refractivity contribution in [3.63, 3.8) is 0 Å². The quantitative estimate of drug-likeness (QED) is 0.852. The van der Waals surface area contributed by atoms with Crippen molar-refractivity contribution in [2.45, 2.75) is 6.54 Å². The lowest BCUT2D eigenvalue weighted by molar-refractivity contribution is 0.374. The van der Waals surface area contributed by atoms with Crippen molar-refractivity contribution in [2.75, 3.05) is 20.6 Å². The molecule has 1 heterocycles. The second kappa shape index (κ2) is 4.33. The van der Waals surface area contributed by atoms with Crippen LogP contribution in [-0.4, -0.2) is 35.3 Å². The van der Waals surface area contributed by atoms with E-state index < -0.39 is 0 Å². The summed E-state index contributed by atoms with van der Waals surface area (Å²) in [6.07, 6.45) is 2.09. The van der Waals surface area contributed by atoms with E-state index in [4.69, 9.17) is 0 Å². The Balaban J connectivity index is 2.23. The van der Waals surface area contributed by atoms with Crippen molar-refractivity contribution >= 4 is 26.8 Å². The first-order chi connectivity index (χ1) is 7.15. The van der Waals surface area contributed by atoms with Crippen molar-refractivity contribution < 1.29 is 0 Å². The molecule has 4 heteroatoms. The van der Waals surface area contributed by atoms with Gasteiger partial charge in [0, 0.05) is 22.6 Å². The van der Waals surface area contributed by atoms with E-state index in [1.807, 2.05) is 16.8 Å². The third-order valence-corrected chi connectivity index (χ3v) is 2.78. The number of likely N-dealkylation sites (N-methyl/N-ethyl adjacent to an activating group) is 1. The molecule has 0 saturated heterocycles. The zero-order valence-electron chi connectivity index (χ0n) is 8.94. The molecule has 0 aliphatic rings. The first kappa shape index (κ1) is 10.6. The summed E-state index contributed by atoms with van der Waals surface area (Å²) in [7, 11) is 4.14. The smallest absolute Gasteiger partial charge is 0.0924 e. The molecule has 1 aromatic carbocycles. The lowest BCUT2D eigenvalue weighted by Crippen LogP contribution is -2.18. The molecule has 2 rings (SSSR count). The third-order valence-electron chi connectivity index (χ3n) is 2.29. The van der Waals surface area contributed by atoms with Crippen molar-refractivity contribution in [3.05, 3.63) is 28.9 Å². The lowest BCUT2D eigenvalue weighted by Gasteiger charge is -2.08. The molecule has 2 aromatic rings. The second-order valence-electron chi connectivity index (χ2n) is 3.90. The minimum atomic E-state index is 0.930. The molecule has 0 radical (unpaired) electrons. The average molecular weight is 268 g/mol. The summed E-state index contributed by atoms with van der Waals surface area (Å²) >= 11 is 3.46. The number of aromatic nitrogens is 2. The molecular formula is C11H14BrN3. The molecule has 3 nitrogen and oxygen atoms in total. The molecule has 0 atom stereocenters. The van der Waals surface area contributed by atoms with Crippen LogP contribution < -0.4 is 0 Å². The van der Waals surface area contributed by atoms with Crippen molar-refractivity contribution in [3.8, 4) is 0 Å². The predicted octanol–water partition coefficient (Wildman–Crippen LogP) is 2.36. The monoisotopic (exact) mass is 267 g/mol. The van der Waals surface area contributed by atoms with E-state index in [1.54, 1.807) is 0 Å². The van der Waals surface area contributed by atoms with Gasteiger partial charge in [-0.05, 0) is 32.3 Å². The van der Waals surface area contributed by atoms with Gasteiger partial charge in [0.15, 0.2) is 0 Å². The molecule has 1 aromatic heterocycles. The molecule has 0 aliphatic heterocycles. The van der Waals surface area contributed by atoms with Gasteiger partial charge >= 0.3 is 0 Å². The summed E-state index contributed by atoms with van der Waals surface area (Å²) in [5, 5.41) is 5.68. The van der Waals surface area contributed by atoms with Gasteiger partial charge in [0.1, 0.15) is 0 Å². The number of hydrogen-bond acceptors (Lipinski definition) is 2. The highest BCUT2D eigenvalue weighted by molar-refractivity contribution is 9.10. The van der Waals surface area contributed by atoms with Crippen LogP contribution in [0.4, 0.5) is 0 Å². The third kappa shape index (κ3) is 2.58. The van der Waals surface area contributed by atoms with Crippen LogP contribution in [0.5, 0.6) is 0 Å². The fourth-order valence-corrected chi connectivity index (χ4v) is 1.84. The summed E-state index contributed by atoms with van der Waals surface area (Å²) < 4.78 is 3.10. The van der Waals surface area contributed by atoms with E-state index in [0.717, 1.165) is 23.1 Å². The predicted molar refractivity (Wildman–Crippen MR) is 66.0 cm³/mol. The van der Waals surface area contributed by atoms with Crippen LogP contribution in [0.25, 0.3) is 10.9 Å². The van der Waals surface area contributed by atoms with Crippen LogP contribution in [0.2, 0.25) is 0 Å². The first-order valence-corrected chi connectivity index (χ1v) is 5.72. The molecule has 0 fully saturated rings. The molecule has 0 amide bonds. The zero-order chi connectivity index (χ0) is 10.8. The Morgan fingerprint density at radius 3 is 2.93 bits per heavy atom. The summed E-state index contributed by atoms with van der Waals surface area (Å²) in [4.78, 5) is 2.16. The molecule has 0 aliphatic carbocycles. The van der Waals surface area contributed by atoms with E-state index in [0.29, 0.717) is 0 Å². The van der Waals surface area contributed by atoms with E-state index in [-0.39, 0.29) is 0 Å². The molecular weight excluding hydrogens is 254 g/mol. The van der Waals surface area contributed by atoms with Gasteiger partial charge in [-0.25, -0.2) is 0 Å². The van der Waals surface area contributed by atoms with Gasteiger partial charge < -0.3 is 4.90 Å². The van der Waals surface area contributed by atoms with Crippen molar-refractivity contribution in [1.82, 2.24) is 14.7 Å². The van der Waals surface area contributed by atoms with Crippen molar-refractivity contribution in [2.24, 2.45) is 0 Å². The Hall–Kier alpha value is -0.870. The van der Waals surface area contributed by atoms with E-state index >= 15 is 0 Å². The Morgan fingerprint density at radius 2 is 2.20 bits per heavy atom.